The van der Waals surface area contributed by atoms with Crippen LogP contribution in [0.1, 0.15) is 18.1 Å². The number of aromatic hydroxyl groups is 1. The standard InChI is InChI=1S/C29H25N3O5/c1-4-9-19-14-18(15-25(27(19)33)36-5-2)17-30-32-28(31-22-11-7-6-10-20(22)29(32)34)26-16-21-23(35-3)12-8-13-24(21)37-26/h4,6-8,10-17,33H,1,5,9H2,2-3H3. The van der Waals surface area contributed by atoms with Crippen LogP contribution in [0.4, 0.5) is 0 Å². The topological polar surface area (TPSA) is 99.1 Å². The number of rotatable bonds is 8. The largest absolute Gasteiger partial charge is 0.504 e. The van der Waals surface area contributed by atoms with E-state index in [4.69, 9.17) is 18.9 Å². The van der Waals surface area contributed by atoms with Gasteiger partial charge in [-0.05, 0) is 61.4 Å². The van der Waals surface area contributed by atoms with E-state index >= 15 is 0 Å². The summed E-state index contributed by atoms with van der Waals surface area (Å²) in [5, 5.41) is 16.2. The van der Waals surface area contributed by atoms with Crippen LogP contribution in [0.25, 0.3) is 33.5 Å². The lowest BCUT2D eigenvalue weighted by molar-refractivity contribution is 0.317. The van der Waals surface area contributed by atoms with Crippen molar-refractivity contribution in [3.63, 3.8) is 0 Å². The fraction of sp³-hybridized carbons (Fsp3) is 0.138. The molecule has 0 radical (unpaired) electrons. The number of furan rings is 1. The SMILES string of the molecule is C=CCc1cc(C=Nn2c(-c3cc4c(OC)cccc4o3)nc3ccccc3c2=O)cc(OCC)c1O. The molecule has 0 saturated heterocycles. The van der Waals surface area contributed by atoms with Crippen LogP contribution >= 0.6 is 0 Å². The van der Waals surface area contributed by atoms with Gasteiger partial charge in [-0.2, -0.15) is 9.78 Å². The van der Waals surface area contributed by atoms with Gasteiger partial charge in [0, 0.05) is 5.56 Å². The molecule has 186 valence electrons. The number of hydrogen-bond donors (Lipinski definition) is 1. The van der Waals surface area contributed by atoms with Gasteiger partial charge in [-0.15, -0.1) is 6.58 Å². The molecule has 0 bridgehead atoms. The smallest absolute Gasteiger partial charge is 0.282 e. The number of nitrogens with zero attached hydrogens (tertiary/aromatic N) is 3. The predicted molar refractivity (Wildman–Crippen MR) is 144 cm³/mol. The normalized spacial score (nSPS) is 11.4. The zero-order valence-corrected chi connectivity index (χ0v) is 20.5. The molecule has 0 spiro atoms. The first-order valence-corrected chi connectivity index (χ1v) is 11.8. The quantitative estimate of drug-likeness (QED) is 0.224. The minimum Gasteiger partial charge on any atom is -0.504 e. The van der Waals surface area contributed by atoms with Gasteiger partial charge in [0.1, 0.15) is 11.3 Å². The number of fused-ring (bicyclic) bond motifs is 2. The summed E-state index contributed by atoms with van der Waals surface area (Å²) in [6.07, 6.45) is 3.66. The summed E-state index contributed by atoms with van der Waals surface area (Å²) in [4.78, 5) is 18.3. The highest BCUT2D eigenvalue weighted by Crippen LogP contribution is 2.34. The Balaban J connectivity index is 1.70. The fourth-order valence-corrected chi connectivity index (χ4v) is 4.18. The summed E-state index contributed by atoms with van der Waals surface area (Å²) in [5.74, 6) is 1.64. The van der Waals surface area contributed by atoms with Crippen LogP contribution in [0.2, 0.25) is 0 Å². The van der Waals surface area contributed by atoms with Crippen molar-refractivity contribution in [2.75, 3.05) is 13.7 Å². The van der Waals surface area contributed by atoms with E-state index in [0.717, 1.165) is 5.39 Å². The highest BCUT2D eigenvalue weighted by Gasteiger charge is 2.18. The van der Waals surface area contributed by atoms with Crippen molar-refractivity contribution < 1.29 is 19.0 Å². The van der Waals surface area contributed by atoms with Crippen LogP contribution in [0, 0.1) is 0 Å². The molecule has 2 aromatic heterocycles. The van der Waals surface area contributed by atoms with Crippen LogP contribution in [-0.4, -0.2) is 34.7 Å². The molecule has 1 N–H and O–H groups in total. The maximum atomic E-state index is 13.5. The lowest BCUT2D eigenvalue weighted by Gasteiger charge is -2.11. The van der Waals surface area contributed by atoms with Crippen LogP contribution in [0.3, 0.4) is 0 Å². The Hall–Kier alpha value is -4.85. The molecule has 0 amide bonds. The van der Waals surface area contributed by atoms with Crippen LogP contribution < -0.4 is 15.0 Å². The molecule has 5 rings (SSSR count). The number of benzene rings is 3. The molecule has 0 atom stereocenters. The number of phenols is 1. The summed E-state index contributed by atoms with van der Waals surface area (Å²) in [6, 6.07) is 17.8. The van der Waals surface area contributed by atoms with Crippen molar-refractivity contribution in [1.82, 2.24) is 9.66 Å². The third-order valence-electron chi connectivity index (χ3n) is 5.88. The first-order chi connectivity index (χ1) is 18.0. The molecule has 0 fully saturated rings. The van der Waals surface area contributed by atoms with E-state index in [0.29, 0.717) is 57.9 Å². The minimum absolute atomic E-state index is 0.0559. The average molecular weight is 496 g/mol. The molecule has 0 saturated carbocycles. The Labute approximate surface area is 212 Å². The van der Waals surface area contributed by atoms with Gasteiger partial charge in [-0.25, -0.2) is 4.98 Å². The third kappa shape index (κ3) is 4.45. The number of hydrogen-bond acceptors (Lipinski definition) is 7. The van der Waals surface area contributed by atoms with Crippen molar-refractivity contribution in [1.29, 1.82) is 0 Å². The van der Waals surface area contributed by atoms with Gasteiger partial charge in [0.15, 0.2) is 17.3 Å². The zero-order chi connectivity index (χ0) is 25.9. The van der Waals surface area contributed by atoms with E-state index in [1.807, 2.05) is 31.2 Å². The maximum absolute atomic E-state index is 13.5. The number of phenolic OH excluding ortho intramolecular Hbond substituents is 1. The van der Waals surface area contributed by atoms with Crippen LogP contribution in [0.5, 0.6) is 17.2 Å². The van der Waals surface area contributed by atoms with E-state index in [1.165, 1.54) is 10.9 Å². The Morgan fingerprint density at radius 2 is 1.95 bits per heavy atom. The minimum atomic E-state index is -0.348. The van der Waals surface area contributed by atoms with Gasteiger partial charge in [0.25, 0.3) is 5.56 Å². The highest BCUT2D eigenvalue weighted by atomic mass is 16.5. The first-order valence-electron chi connectivity index (χ1n) is 11.8. The fourth-order valence-electron chi connectivity index (χ4n) is 4.18. The summed E-state index contributed by atoms with van der Waals surface area (Å²) >= 11 is 0. The zero-order valence-electron chi connectivity index (χ0n) is 20.5. The summed E-state index contributed by atoms with van der Waals surface area (Å²) < 4.78 is 18.3. The molecular formula is C29H25N3O5. The number of allylic oxidation sites excluding steroid dienone is 1. The summed E-state index contributed by atoms with van der Waals surface area (Å²) in [5.41, 5.74) is 2.05. The number of para-hydroxylation sites is 1. The molecule has 0 aliphatic rings. The predicted octanol–water partition coefficient (Wildman–Crippen LogP) is 5.53. The summed E-state index contributed by atoms with van der Waals surface area (Å²) in [7, 11) is 1.59. The van der Waals surface area contributed by atoms with E-state index in [2.05, 4.69) is 11.7 Å². The van der Waals surface area contributed by atoms with Gasteiger partial charge < -0.3 is 19.0 Å². The molecule has 3 aromatic carbocycles. The molecule has 5 aromatic rings. The molecule has 8 heteroatoms. The van der Waals surface area contributed by atoms with Gasteiger partial charge in [0.2, 0.25) is 5.82 Å². The number of aromatic nitrogens is 2. The first kappa shape index (κ1) is 23.9. The van der Waals surface area contributed by atoms with Gasteiger partial charge in [-0.3, -0.25) is 4.79 Å². The Morgan fingerprint density at radius 1 is 1.11 bits per heavy atom. The Morgan fingerprint density at radius 3 is 2.73 bits per heavy atom. The third-order valence-corrected chi connectivity index (χ3v) is 5.88. The monoisotopic (exact) mass is 495 g/mol. The second kappa shape index (κ2) is 10.0. The van der Waals surface area contributed by atoms with E-state index in [-0.39, 0.29) is 17.1 Å². The van der Waals surface area contributed by atoms with Gasteiger partial charge in [-0.1, -0.05) is 24.3 Å². The van der Waals surface area contributed by atoms with Crippen molar-refractivity contribution in [2.24, 2.45) is 5.10 Å². The van der Waals surface area contributed by atoms with Crippen molar-refractivity contribution in [3.05, 3.63) is 94.8 Å². The number of ether oxygens (including phenoxy) is 2. The van der Waals surface area contributed by atoms with Gasteiger partial charge in [0.05, 0.1) is 36.2 Å². The Kier molecular flexibility index (Phi) is 6.47. The molecule has 2 heterocycles. The lowest BCUT2D eigenvalue weighted by atomic mass is 10.1. The van der Waals surface area contributed by atoms with Crippen molar-refractivity contribution in [3.8, 4) is 28.8 Å². The molecule has 0 aliphatic carbocycles. The molecule has 8 nitrogen and oxygen atoms in total. The lowest BCUT2D eigenvalue weighted by Crippen LogP contribution is -2.20. The summed E-state index contributed by atoms with van der Waals surface area (Å²) in [6.45, 7) is 5.97. The average Bonchev–Trinajstić information content (AvgIpc) is 3.35. The molecule has 0 aliphatic heterocycles. The molecule has 37 heavy (non-hydrogen) atoms. The maximum Gasteiger partial charge on any atom is 0.282 e. The van der Waals surface area contributed by atoms with Crippen molar-refractivity contribution in [2.45, 2.75) is 13.3 Å². The van der Waals surface area contributed by atoms with Crippen molar-refractivity contribution >= 4 is 28.1 Å². The second-order valence-electron chi connectivity index (χ2n) is 8.25. The van der Waals surface area contributed by atoms with E-state index in [9.17, 15) is 9.90 Å². The molecular weight excluding hydrogens is 470 g/mol. The van der Waals surface area contributed by atoms with Crippen LogP contribution in [-0.2, 0) is 6.42 Å². The molecule has 0 unspecified atom stereocenters. The van der Waals surface area contributed by atoms with E-state index < -0.39 is 0 Å². The van der Waals surface area contributed by atoms with Crippen LogP contribution in [0.15, 0.2) is 87.6 Å². The van der Waals surface area contributed by atoms with E-state index in [1.54, 1.807) is 49.6 Å². The Bertz CT molecular complexity index is 1710. The second-order valence-corrected chi connectivity index (χ2v) is 8.25. The highest BCUT2D eigenvalue weighted by molar-refractivity contribution is 5.89. The van der Waals surface area contributed by atoms with Gasteiger partial charge >= 0.3 is 0 Å². The number of methoxy groups -OCH3 is 1.